The fourth-order valence-corrected chi connectivity index (χ4v) is 6.10. The Morgan fingerprint density at radius 3 is 2.67 bits per heavy atom. The monoisotopic (exact) mass is 322 g/mol. The number of carbonyl (C=O) groups excluding carboxylic acids is 1. The molecular weight excluding hydrogens is 311 g/mol. The van der Waals surface area contributed by atoms with Gasteiger partial charge < -0.3 is 0 Å². The molecule has 0 bridgehead atoms. The van der Waals surface area contributed by atoms with Gasteiger partial charge >= 0.3 is 0 Å². The van der Waals surface area contributed by atoms with Crippen molar-refractivity contribution in [1.29, 1.82) is 0 Å². The summed E-state index contributed by atoms with van der Waals surface area (Å²) in [5.41, 5.74) is 1.33. The molecule has 1 unspecified atom stereocenters. The molecule has 0 saturated carbocycles. The van der Waals surface area contributed by atoms with Crippen LogP contribution in [0.5, 0.6) is 0 Å². The standard InChI is InChI=1S/C12H12Cl2O2S2/c1-12(2)5-6-18(17-16)10-8(12)4-3-7(9(10)13)11(14)15/h3-4H,5-6H2,1-2H3. The molecule has 0 radical (unpaired) electrons. The van der Waals surface area contributed by atoms with Gasteiger partial charge in [-0.25, -0.2) is 4.21 Å². The van der Waals surface area contributed by atoms with Gasteiger partial charge in [0.15, 0.2) is 0 Å². The lowest BCUT2D eigenvalue weighted by Crippen LogP contribution is -2.28. The van der Waals surface area contributed by atoms with Crippen LogP contribution in [0.1, 0.15) is 36.2 Å². The van der Waals surface area contributed by atoms with E-state index in [1.54, 1.807) is 6.07 Å². The molecule has 0 aromatic heterocycles. The van der Waals surface area contributed by atoms with Crippen molar-refractivity contribution in [3.05, 3.63) is 28.3 Å². The molecule has 1 aliphatic rings. The first-order chi connectivity index (χ1) is 8.38. The van der Waals surface area contributed by atoms with Gasteiger partial charge in [0, 0.05) is 10.6 Å². The topological polar surface area (TPSA) is 34.1 Å². The average Bonchev–Trinajstić information content (AvgIpc) is 2.29. The van der Waals surface area contributed by atoms with E-state index in [4.69, 9.17) is 23.2 Å². The average molecular weight is 323 g/mol. The highest BCUT2D eigenvalue weighted by atomic mass is 35.5. The number of halogens is 2. The van der Waals surface area contributed by atoms with Crippen LogP contribution in [0.15, 0.2) is 17.0 Å². The van der Waals surface area contributed by atoms with Crippen LogP contribution in [-0.4, -0.2) is 15.2 Å². The minimum atomic E-state index is -0.578. The van der Waals surface area contributed by atoms with Gasteiger partial charge in [-0.3, -0.25) is 4.79 Å². The molecule has 1 heterocycles. The van der Waals surface area contributed by atoms with Crippen LogP contribution in [-0.2, 0) is 25.1 Å². The third-order valence-corrected chi connectivity index (χ3v) is 7.08. The summed E-state index contributed by atoms with van der Waals surface area (Å²) in [6, 6.07) is 3.53. The summed E-state index contributed by atoms with van der Waals surface area (Å²) in [6.45, 7) is 4.25. The molecule has 0 aliphatic carbocycles. The van der Waals surface area contributed by atoms with E-state index in [0.717, 1.165) is 22.6 Å². The minimum absolute atomic E-state index is 0.0217. The van der Waals surface area contributed by atoms with Gasteiger partial charge in [0.2, 0.25) is 0 Å². The van der Waals surface area contributed by atoms with Gasteiger partial charge in [0.1, 0.15) is 10.2 Å². The van der Waals surface area contributed by atoms with Gasteiger partial charge in [-0.1, -0.05) is 41.0 Å². The van der Waals surface area contributed by atoms with E-state index < -0.39 is 14.7 Å². The zero-order chi connectivity index (χ0) is 13.5. The molecule has 0 saturated heterocycles. The predicted molar refractivity (Wildman–Crippen MR) is 77.9 cm³/mol. The normalized spacial score (nSPS) is 21.2. The van der Waals surface area contributed by atoms with E-state index in [2.05, 4.69) is 13.8 Å². The summed E-state index contributed by atoms with van der Waals surface area (Å²) in [7, 11) is 0.0695. The second kappa shape index (κ2) is 5.08. The Balaban J connectivity index is 2.80. The van der Waals surface area contributed by atoms with E-state index in [0.29, 0.717) is 20.8 Å². The van der Waals surface area contributed by atoms with Crippen molar-refractivity contribution in [2.45, 2.75) is 30.6 Å². The lowest BCUT2D eigenvalue weighted by Gasteiger charge is -2.33. The second-order valence-corrected chi connectivity index (χ2v) is 8.81. The molecule has 1 aromatic rings. The molecule has 98 valence electrons. The van der Waals surface area contributed by atoms with Crippen molar-refractivity contribution in [2.75, 3.05) is 5.75 Å². The van der Waals surface area contributed by atoms with Crippen molar-refractivity contribution >= 4 is 48.1 Å². The number of fused-ring (bicyclic) bond motifs is 1. The maximum absolute atomic E-state index is 11.3. The van der Waals surface area contributed by atoms with E-state index >= 15 is 0 Å². The maximum atomic E-state index is 11.3. The van der Waals surface area contributed by atoms with E-state index in [1.165, 1.54) is 0 Å². The Bertz CT molecular complexity index is 590. The Hall–Kier alpha value is -0.160. The summed E-state index contributed by atoms with van der Waals surface area (Å²) in [5.74, 6) is 0.799. The van der Waals surface area contributed by atoms with Crippen molar-refractivity contribution in [1.82, 2.24) is 0 Å². The summed E-state index contributed by atoms with van der Waals surface area (Å²) in [6.07, 6.45) is 0.947. The Labute approximate surface area is 121 Å². The molecule has 1 atom stereocenters. The lowest BCUT2D eigenvalue weighted by atomic mass is 9.81. The van der Waals surface area contributed by atoms with Crippen LogP contribution >= 0.6 is 23.2 Å². The highest BCUT2D eigenvalue weighted by Gasteiger charge is 2.32. The third-order valence-electron chi connectivity index (χ3n) is 3.26. The minimum Gasteiger partial charge on any atom is -0.276 e. The molecule has 1 aromatic carbocycles. The summed E-state index contributed by atoms with van der Waals surface area (Å²) >= 11 is 11.8. The van der Waals surface area contributed by atoms with Crippen LogP contribution < -0.4 is 0 Å². The van der Waals surface area contributed by atoms with Crippen molar-refractivity contribution in [2.24, 2.45) is 0 Å². The van der Waals surface area contributed by atoms with E-state index in [-0.39, 0.29) is 5.41 Å². The van der Waals surface area contributed by atoms with Gasteiger partial charge in [0.05, 0.1) is 10.6 Å². The first-order valence-electron chi connectivity index (χ1n) is 5.42. The molecule has 18 heavy (non-hydrogen) atoms. The summed E-state index contributed by atoms with van der Waals surface area (Å²) in [4.78, 5) is 12.1. The Morgan fingerprint density at radius 1 is 1.44 bits per heavy atom. The lowest BCUT2D eigenvalue weighted by molar-refractivity contribution is 0.108. The molecule has 0 N–H and O–H groups in total. The second-order valence-electron chi connectivity index (χ2n) is 4.83. The molecule has 0 amide bonds. The fraction of sp³-hybridized carbons (Fsp3) is 0.417. The molecule has 0 fully saturated rings. The molecule has 2 rings (SSSR count). The Kier molecular flexibility index (Phi) is 4.02. The van der Waals surface area contributed by atoms with Crippen molar-refractivity contribution in [3.63, 3.8) is 0 Å². The van der Waals surface area contributed by atoms with Gasteiger partial charge in [0.25, 0.3) is 5.24 Å². The zero-order valence-corrected chi connectivity index (χ0v) is 13.1. The first-order valence-corrected chi connectivity index (χ1v) is 8.83. The maximum Gasteiger partial charge on any atom is 0.253 e. The first kappa shape index (κ1) is 14.3. The number of rotatable bonds is 1. The number of hydrogen-bond donors (Lipinski definition) is 0. The van der Waals surface area contributed by atoms with Gasteiger partial charge in [-0.05, 0) is 35.1 Å². The predicted octanol–water partition coefficient (Wildman–Crippen LogP) is 3.51. The SMILES string of the molecule is CC1(C)CCS(=S=O)c2c1ccc(C(=O)Cl)c2Cl. The quantitative estimate of drug-likeness (QED) is 0.741. The Morgan fingerprint density at radius 2 is 2.11 bits per heavy atom. The van der Waals surface area contributed by atoms with Crippen molar-refractivity contribution in [3.8, 4) is 0 Å². The smallest absolute Gasteiger partial charge is 0.253 e. The molecule has 6 heteroatoms. The van der Waals surface area contributed by atoms with Crippen molar-refractivity contribution < 1.29 is 9.00 Å². The van der Waals surface area contributed by atoms with Crippen LogP contribution in [0.2, 0.25) is 5.02 Å². The molecular formula is C12H12Cl2O2S2. The highest BCUT2D eigenvalue weighted by Crippen LogP contribution is 2.41. The zero-order valence-electron chi connectivity index (χ0n) is 9.96. The largest absolute Gasteiger partial charge is 0.276 e. The molecule has 0 spiro atoms. The number of hydrogen-bond acceptors (Lipinski definition) is 2. The highest BCUT2D eigenvalue weighted by molar-refractivity contribution is 8.31. The summed E-state index contributed by atoms with van der Waals surface area (Å²) < 4.78 is 11.2. The third kappa shape index (κ3) is 2.31. The molecule has 1 aliphatic heterocycles. The van der Waals surface area contributed by atoms with E-state index in [1.807, 2.05) is 6.07 Å². The number of benzene rings is 1. The van der Waals surface area contributed by atoms with Gasteiger partial charge in [-0.15, -0.1) is 0 Å². The van der Waals surface area contributed by atoms with Crippen LogP contribution in [0.4, 0.5) is 0 Å². The molecule has 2 nitrogen and oxygen atoms in total. The van der Waals surface area contributed by atoms with Gasteiger partial charge in [-0.2, -0.15) is 0 Å². The van der Waals surface area contributed by atoms with Crippen LogP contribution in [0.3, 0.4) is 0 Å². The van der Waals surface area contributed by atoms with E-state index in [9.17, 15) is 9.00 Å². The number of carbonyl (C=O) groups is 1. The van der Waals surface area contributed by atoms with Crippen LogP contribution in [0.25, 0.3) is 0 Å². The fourth-order valence-electron chi connectivity index (χ4n) is 2.12. The van der Waals surface area contributed by atoms with Crippen LogP contribution in [0, 0.1) is 0 Å². The summed E-state index contributed by atoms with van der Waals surface area (Å²) in [5, 5.41) is -0.224.